The Kier molecular flexibility index (Phi) is 7.01. The molecule has 1 aliphatic heterocycles. The van der Waals surface area contributed by atoms with Gasteiger partial charge in [-0.05, 0) is 43.2 Å². The monoisotopic (exact) mass is 437 g/mol. The average molecular weight is 438 g/mol. The van der Waals surface area contributed by atoms with Crippen LogP contribution in [0.2, 0.25) is 0 Å². The normalized spacial score (nSPS) is 14.2. The second-order valence-corrected chi connectivity index (χ2v) is 8.38. The third-order valence-corrected chi connectivity index (χ3v) is 5.47. The Balaban J connectivity index is 0.00000141. The van der Waals surface area contributed by atoms with Crippen LogP contribution in [0.25, 0.3) is 10.9 Å². The molecule has 0 radical (unpaired) electrons. The number of β-amino-alcohol motifs (C(OH)–C–C–N with tert-alkyl or cyclic N) is 1. The lowest BCUT2D eigenvalue weighted by Crippen LogP contribution is -2.51. The predicted octanol–water partition coefficient (Wildman–Crippen LogP) is 3.25. The second kappa shape index (κ2) is 9.54. The molecule has 4 N–H and O–H groups in total. The van der Waals surface area contributed by atoms with Crippen molar-refractivity contribution in [1.82, 2.24) is 10.3 Å². The fourth-order valence-electron chi connectivity index (χ4n) is 3.98. The van der Waals surface area contributed by atoms with E-state index in [1.54, 1.807) is 11.0 Å². The molecule has 0 spiro atoms. The predicted molar refractivity (Wildman–Crippen MR) is 127 cm³/mol. The van der Waals surface area contributed by atoms with Crippen LogP contribution >= 0.6 is 0 Å². The highest BCUT2D eigenvalue weighted by Crippen LogP contribution is 2.30. The Bertz CT molecular complexity index is 1170. The minimum atomic E-state index is -0.911. The van der Waals surface area contributed by atoms with Crippen molar-refractivity contribution in [3.63, 3.8) is 0 Å². The van der Waals surface area contributed by atoms with Crippen molar-refractivity contribution in [2.75, 3.05) is 18.0 Å². The van der Waals surface area contributed by atoms with Gasteiger partial charge in [-0.15, -0.1) is 0 Å². The van der Waals surface area contributed by atoms with Crippen molar-refractivity contribution in [3.05, 3.63) is 70.0 Å². The fourth-order valence-corrected chi connectivity index (χ4v) is 3.98. The molecule has 0 saturated carbocycles. The van der Waals surface area contributed by atoms with Gasteiger partial charge in [0.1, 0.15) is 5.75 Å². The number of benzene rings is 2. The van der Waals surface area contributed by atoms with Gasteiger partial charge in [0, 0.05) is 41.8 Å². The van der Waals surface area contributed by atoms with Gasteiger partial charge in [0.05, 0.1) is 18.0 Å². The molecule has 32 heavy (non-hydrogen) atoms. The number of phenolic OH excluding ortho intramolecular Hbond substituents is 1. The molecule has 2 aromatic carbocycles. The van der Waals surface area contributed by atoms with Gasteiger partial charge in [0.2, 0.25) is 11.5 Å². The summed E-state index contributed by atoms with van der Waals surface area (Å²) in [5.41, 5.74) is 2.21. The number of rotatable bonds is 6. The zero-order chi connectivity index (χ0) is 23.5. The van der Waals surface area contributed by atoms with Gasteiger partial charge in [-0.1, -0.05) is 32.0 Å². The van der Waals surface area contributed by atoms with Gasteiger partial charge in [0.25, 0.3) is 0 Å². The highest BCUT2D eigenvalue weighted by atomic mass is 16.3. The third kappa shape index (κ3) is 5.00. The van der Waals surface area contributed by atoms with Crippen molar-refractivity contribution in [2.45, 2.75) is 45.8 Å². The van der Waals surface area contributed by atoms with Crippen LogP contribution < -0.4 is 15.8 Å². The molecule has 0 saturated heterocycles. The summed E-state index contributed by atoms with van der Waals surface area (Å²) < 4.78 is 0. The first-order valence-electron chi connectivity index (χ1n) is 10.9. The van der Waals surface area contributed by atoms with E-state index >= 15 is 0 Å². The van der Waals surface area contributed by atoms with E-state index in [0.717, 1.165) is 11.3 Å². The summed E-state index contributed by atoms with van der Waals surface area (Å²) in [6, 6.07) is 13.8. The summed E-state index contributed by atoms with van der Waals surface area (Å²) in [4.78, 5) is 28.5. The Morgan fingerprint density at radius 2 is 1.84 bits per heavy atom. The van der Waals surface area contributed by atoms with Crippen molar-refractivity contribution < 1.29 is 15.0 Å². The summed E-state index contributed by atoms with van der Waals surface area (Å²) >= 11 is 0. The van der Waals surface area contributed by atoms with Crippen LogP contribution in [0.5, 0.6) is 5.75 Å². The van der Waals surface area contributed by atoms with E-state index in [0.29, 0.717) is 29.4 Å². The standard InChI is InChI=1S/C23H25N3O4.C2H6/c1-23(2,13-26-19-6-4-3-5-14(19)9-22(26)30)24-12-20(28)17-10-15(27)11-18-16(17)7-8-21(29)25-18;1-2/h3-8,10-11,20,24,27-28H,9,12-13H2,1-2H3,(H,25,29);1-2H3. The van der Waals surface area contributed by atoms with E-state index in [4.69, 9.17) is 0 Å². The molecule has 0 bridgehead atoms. The number of aromatic nitrogens is 1. The highest BCUT2D eigenvalue weighted by Gasteiger charge is 2.32. The van der Waals surface area contributed by atoms with Crippen molar-refractivity contribution in [2.24, 2.45) is 0 Å². The van der Waals surface area contributed by atoms with E-state index < -0.39 is 11.6 Å². The number of nitrogens with zero attached hydrogens (tertiary/aromatic N) is 1. The maximum Gasteiger partial charge on any atom is 0.248 e. The van der Waals surface area contributed by atoms with E-state index in [2.05, 4.69) is 10.3 Å². The molecular formula is C25H31N3O4. The Labute approximate surface area is 187 Å². The number of carbonyl (C=O) groups is 1. The summed E-state index contributed by atoms with van der Waals surface area (Å²) in [7, 11) is 0. The number of pyridine rings is 1. The van der Waals surface area contributed by atoms with Gasteiger partial charge in [-0.2, -0.15) is 0 Å². The zero-order valence-corrected chi connectivity index (χ0v) is 19.0. The number of aromatic hydroxyl groups is 1. The lowest BCUT2D eigenvalue weighted by atomic mass is 10.00. The van der Waals surface area contributed by atoms with Crippen molar-refractivity contribution in [1.29, 1.82) is 0 Å². The minimum Gasteiger partial charge on any atom is -0.508 e. The van der Waals surface area contributed by atoms with E-state index in [1.165, 1.54) is 18.2 Å². The summed E-state index contributed by atoms with van der Waals surface area (Å²) in [6.07, 6.45) is -0.506. The van der Waals surface area contributed by atoms with E-state index in [1.807, 2.05) is 52.0 Å². The topological polar surface area (TPSA) is 106 Å². The maximum absolute atomic E-state index is 12.5. The minimum absolute atomic E-state index is 0.0306. The molecule has 1 aliphatic rings. The van der Waals surface area contributed by atoms with Crippen molar-refractivity contribution >= 4 is 22.5 Å². The number of nitrogens with one attached hydrogen (secondary N) is 2. The number of phenols is 1. The quantitative estimate of drug-likeness (QED) is 0.474. The number of hydrogen-bond donors (Lipinski definition) is 4. The number of hydrogen-bond acceptors (Lipinski definition) is 5. The zero-order valence-electron chi connectivity index (χ0n) is 19.0. The number of amides is 1. The van der Waals surface area contributed by atoms with Crippen LogP contribution in [0.1, 0.15) is 44.9 Å². The summed E-state index contributed by atoms with van der Waals surface area (Å²) in [5, 5.41) is 24.8. The molecule has 1 amide bonds. The smallest absolute Gasteiger partial charge is 0.248 e. The number of aromatic amines is 1. The molecule has 1 aromatic heterocycles. The average Bonchev–Trinajstić information content (AvgIpc) is 3.07. The van der Waals surface area contributed by atoms with Gasteiger partial charge in [0.15, 0.2) is 0 Å². The lowest BCUT2D eigenvalue weighted by molar-refractivity contribution is -0.117. The van der Waals surface area contributed by atoms with Crippen LogP contribution in [-0.2, 0) is 11.2 Å². The summed E-state index contributed by atoms with van der Waals surface area (Å²) in [6.45, 7) is 8.63. The van der Waals surface area contributed by atoms with E-state index in [9.17, 15) is 19.8 Å². The Hall–Kier alpha value is -3.16. The number of anilines is 1. The molecule has 0 aliphatic carbocycles. The van der Waals surface area contributed by atoms with Crippen LogP contribution in [0.15, 0.2) is 53.3 Å². The van der Waals surface area contributed by atoms with Crippen molar-refractivity contribution in [3.8, 4) is 5.75 Å². The van der Waals surface area contributed by atoms with Crippen LogP contribution in [0, 0.1) is 0 Å². The maximum atomic E-state index is 12.5. The Morgan fingerprint density at radius 3 is 2.59 bits per heavy atom. The van der Waals surface area contributed by atoms with E-state index in [-0.39, 0.29) is 23.8 Å². The molecule has 7 heteroatoms. The number of carbonyl (C=O) groups excluding carboxylic acids is 1. The molecule has 3 aromatic rings. The molecule has 170 valence electrons. The van der Waals surface area contributed by atoms with Gasteiger partial charge >= 0.3 is 0 Å². The molecule has 7 nitrogen and oxygen atoms in total. The van der Waals surface area contributed by atoms with Crippen LogP contribution in [-0.4, -0.2) is 39.7 Å². The van der Waals surface area contributed by atoms with Gasteiger partial charge in [-0.3, -0.25) is 9.59 Å². The van der Waals surface area contributed by atoms with Crippen LogP contribution in [0.3, 0.4) is 0 Å². The number of fused-ring (bicyclic) bond motifs is 2. The third-order valence-electron chi connectivity index (χ3n) is 5.47. The van der Waals surface area contributed by atoms with Gasteiger partial charge < -0.3 is 25.4 Å². The second-order valence-electron chi connectivity index (χ2n) is 8.38. The molecule has 0 fully saturated rings. The first-order valence-corrected chi connectivity index (χ1v) is 10.9. The summed E-state index contributed by atoms with van der Waals surface area (Å²) in [5.74, 6) is 0.0338. The number of H-pyrrole nitrogens is 1. The molecule has 1 unspecified atom stereocenters. The SMILES string of the molecule is CC.CC(C)(CN1C(=O)Cc2ccccc21)NCC(O)c1cc(O)cc2[nH]c(=O)ccc12. The number of aliphatic hydroxyl groups is 1. The molecule has 1 atom stereocenters. The van der Waals surface area contributed by atoms with Gasteiger partial charge in [-0.25, -0.2) is 0 Å². The molecule has 4 rings (SSSR count). The Morgan fingerprint density at radius 1 is 1.12 bits per heavy atom. The molecular weight excluding hydrogens is 406 g/mol. The fraction of sp³-hybridized carbons (Fsp3) is 0.360. The largest absolute Gasteiger partial charge is 0.508 e. The van der Waals surface area contributed by atoms with Crippen LogP contribution in [0.4, 0.5) is 5.69 Å². The molecule has 2 heterocycles. The first kappa shape index (κ1) is 23.5. The number of aliphatic hydroxyl groups excluding tert-OH is 1. The lowest BCUT2D eigenvalue weighted by Gasteiger charge is -2.32. The number of para-hydroxylation sites is 1. The first-order chi connectivity index (χ1) is 15.2. The highest BCUT2D eigenvalue weighted by molar-refractivity contribution is 6.01.